The number of hydrogen-bond donors (Lipinski definition) is 1. The van der Waals surface area contributed by atoms with Crippen LogP contribution in [0.4, 0.5) is 0 Å². The van der Waals surface area contributed by atoms with Gasteiger partial charge < -0.3 is 9.88 Å². The van der Waals surface area contributed by atoms with Gasteiger partial charge in [0, 0.05) is 25.0 Å². The summed E-state index contributed by atoms with van der Waals surface area (Å²) in [6, 6.07) is 0.626. The zero-order valence-corrected chi connectivity index (χ0v) is 7.45. The summed E-state index contributed by atoms with van der Waals surface area (Å²) in [5.41, 5.74) is 0. The van der Waals surface area contributed by atoms with E-state index in [0.29, 0.717) is 6.04 Å². The average Bonchev–Trinajstić information content (AvgIpc) is 2.53. The van der Waals surface area contributed by atoms with Crippen LogP contribution in [-0.2, 0) is 0 Å². The molecule has 3 nitrogen and oxygen atoms in total. The van der Waals surface area contributed by atoms with Crippen molar-refractivity contribution in [1.29, 1.82) is 0 Å². The molecule has 1 N–H and O–H groups in total. The summed E-state index contributed by atoms with van der Waals surface area (Å²) >= 11 is 0. The summed E-state index contributed by atoms with van der Waals surface area (Å²) in [5.74, 6) is 1.13. The molecule has 1 saturated heterocycles. The van der Waals surface area contributed by atoms with Crippen molar-refractivity contribution in [3.63, 3.8) is 0 Å². The Morgan fingerprint density at radius 1 is 1.67 bits per heavy atom. The summed E-state index contributed by atoms with van der Waals surface area (Å²) in [6.07, 6.45) is 6.52. The molecular weight excluding hydrogens is 150 g/mol. The SMILES string of the molecule is Cc1nccn1[C@@H]1CCCNC1. The van der Waals surface area contributed by atoms with Gasteiger partial charge >= 0.3 is 0 Å². The molecule has 1 aromatic rings. The third-order valence-electron chi connectivity index (χ3n) is 2.53. The zero-order chi connectivity index (χ0) is 8.39. The highest BCUT2D eigenvalue weighted by Gasteiger charge is 2.15. The van der Waals surface area contributed by atoms with Crippen molar-refractivity contribution in [1.82, 2.24) is 14.9 Å². The van der Waals surface area contributed by atoms with Crippen molar-refractivity contribution in [2.75, 3.05) is 13.1 Å². The van der Waals surface area contributed by atoms with Crippen molar-refractivity contribution >= 4 is 0 Å². The Kier molecular flexibility index (Phi) is 2.13. The normalized spacial score (nSPS) is 24.2. The van der Waals surface area contributed by atoms with E-state index in [2.05, 4.69) is 28.0 Å². The van der Waals surface area contributed by atoms with Crippen LogP contribution >= 0.6 is 0 Å². The van der Waals surface area contributed by atoms with E-state index in [1.165, 1.54) is 19.4 Å². The van der Waals surface area contributed by atoms with Crippen LogP contribution in [0.3, 0.4) is 0 Å². The van der Waals surface area contributed by atoms with Crippen LogP contribution in [0.15, 0.2) is 12.4 Å². The molecule has 1 aliphatic heterocycles. The second-order valence-corrected chi connectivity index (χ2v) is 3.38. The molecule has 66 valence electrons. The monoisotopic (exact) mass is 165 g/mol. The van der Waals surface area contributed by atoms with Crippen LogP contribution < -0.4 is 5.32 Å². The smallest absolute Gasteiger partial charge is 0.105 e. The number of nitrogens with zero attached hydrogens (tertiary/aromatic N) is 2. The van der Waals surface area contributed by atoms with Crippen LogP contribution in [0.2, 0.25) is 0 Å². The predicted octanol–water partition coefficient (Wildman–Crippen LogP) is 1.12. The van der Waals surface area contributed by atoms with Crippen LogP contribution in [0.1, 0.15) is 24.7 Å². The first-order valence-electron chi connectivity index (χ1n) is 4.58. The molecule has 0 spiro atoms. The quantitative estimate of drug-likeness (QED) is 0.675. The number of hydrogen-bond acceptors (Lipinski definition) is 2. The van der Waals surface area contributed by atoms with Gasteiger partial charge in [0.2, 0.25) is 0 Å². The number of rotatable bonds is 1. The summed E-state index contributed by atoms with van der Waals surface area (Å²) in [7, 11) is 0. The maximum Gasteiger partial charge on any atom is 0.105 e. The van der Waals surface area contributed by atoms with Gasteiger partial charge in [-0.15, -0.1) is 0 Å². The van der Waals surface area contributed by atoms with Crippen LogP contribution in [0.25, 0.3) is 0 Å². The summed E-state index contributed by atoms with van der Waals surface area (Å²) < 4.78 is 2.27. The van der Waals surface area contributed by atoms with E-state index in [0.717, 1.165) is 12.4 Å². The van der Waals surface area contributed by atoms with Gasteiger partial charge in [-0.1, -0.05) is 0 Å². The Labute approximate surface area is 72.8 Å². The highest BCUT2D eigenvalue weighted by molar-refractivity contribution is 4.93. The Morgan fingerprint density at radius 3 is 3.17 bits per heavy atom. The molecule has 0 aromatic carbocycles. The van der Waals surface area contributed by atoms with Gasteiger partial charge in [-0.2, -0.15) is 0 Å². The molecule has 1 fully saturated rings. The predicted molar refractivity (Wildman–Crippen MR) is 48.1 cm³/mol. The van der Waals surface area contributed by atoms with Gasteiger partial charge in [0.15, 0.2) is 0 Å². The van der Waals surface area contributed by atoms with Crippen LogP contribution in [0.5, 0.6) is 0 Å². The van der Waals surface area contributed by atoms with Crippen molar-refractivity contribution in [2.45, 2.75) is 25.8 Å². The number of nitrogens with one attached hydrogen (secondary N) is 1. The largest absolute Gasteiger partial charge is 0.331 e. The standard InChI is InChI=1S/C9H15N3/c1-8-11-5-6-12(8)9-3-2-4-10-7-9/h5-6,9-10H,2-4,7H2,1H3/t9-/m1/s1. The lowest BCUT2D eigenvalue weighted by molar-refractivity contribution is 0.366. The number of imidazole rings is 1. The zero-order valence-electron chi connectivity index (χ0n) is 7.45. The summed E-state index contributed by atoms with van der Waals surface area (Å²) in [5, 5.41) is 3.40. The van der Waals surface area contributed by atoms with E-state index < -0.39 is 0 Å². The van der Waals surface area contributed by atoms with E-state index >= 15 is 0 Å². The first-order chi connectivity index (χ1) is 5.88. The minimum absolute atomic E-state index is 0.626. The summed E-state index contributed by atoms with van der Waals surface area (Å²) in [6.45, 7) is 4.33. The Hall–Kier alpha value is -0.830. The number of aromatic nitrogens is 2. The number of piperidine rings is 1. The first kappa shape index (κ1) is 7.80. The third-order valence-corrected chi connectivity index (χ3v) is 2.53. The number of aryl methyl sites for hydroxylation is 1. The van der Waals surface area contributed by atoms with E-state index in [1.54, 1.807) is 0 Å². The van der Waals surface area contributed by atoms with E-state index in [9.17, 15) is 0 Å². The molecule has 3 heteroatoms. The molecule has 1 aromatic heterocycles. The van der Waals surface area contributed by atoms with Crippen LogP contribution in [0, 0.1) is 6.92 Å². The second-order valence-electron chi connectivity index (χ2n) is 3.38. The van der Waals surface area contributed by atoms with Gasteiger partial charge in [-0.3, -0.25) is 0 Å². The molecule has 0 unspecified atom stereocenters. The molecule has 1 atom stereocenters. The van der Waals surface area contributed by atoms with E-state index in [-0.39, 0.29) is 0 Å². The molecule has 0 radical (unpaired) electrons. The third kappa shape index (κ3) is 1.37. The lowest BCUT2D eigenvalue weighted by atomic mass is 10.1. The summed E-state index contributed by atoms with van der Waals surface area (Å²) in [4.78, 5) is 4.23. The lowest BCUT2D eigenvalue weighted by Gasteiger charge is -2.24. The van der Waals surface area contributed by atoms with Crippen molar-refractivity contribution in [2.24, 2.45) is 0 Å². The van der Waals surface area contributed by atoms with Gasteiger partial charge in [0.25, 0.3) is 0 Å². The van der Waals surface area contributed by atoms with E-state index in [4.69, 9.17) is 0 Å². The first-order valence-corrected chi connectivity index (χ1v) is 4.58. The van der Waals surface area contributed by atoms with Gasteiger partial charge in [-0.05, 0) is 26.3 Å². The Bertz CT molecular complexity index is 248. The van der Waals surface area contributed by atoms with E-state index in [1.807, 2.05) is 6.20 Å². The molecule has 1 aliphatic rings. The van der Waals surface area contributed by atoms with Gasteiger partial charge in [0.05, 0.1) is 0 Å². The molecule has 0 bridgehead atoms. The molecule has 0 saturated carbocycles. The highest BCUT2D eigenvalue weighted by atomic mass is 15.1. The fourth-order valence-corrected chi connectivity index (χ4v) is 1.84. The fraction of sp³-hybridized carbons (Fsp3) is 0.667. The highest BCUT2D eigenvalue weighted by Crippen LogP contribution is 2.17. The Morgan fingerprint density at radius 2 is 2.58 bits per heavy atom. The topological polar surface area (TPSA) is 29.9 Å². The van der Waals surface area contributed by atoms with Gasteiger partial charge in [0.1, 0.15) is 5.82 Å². The molecule has 2 heterocycles. The second kappa shape index (κ2) is 3.27. The lowest BCUT2D eigenvalue weighted by Crippen LogP contribution is -2.31. The van der Waals surface area contributed by atoms with Crippen LogP contribution in [-0.4, -0.2) is 22.6 Å². The molecular formula is C9H15N3. The van der Waals surface area contributed by atoms with Crippen molar-refractivity contribution in [3.8, 4) is 0 Å². The minimum Gasteiger partial charge on any atom is -0.331 e. The Balaban J connectivity index is 2.13. The fourth-order valence-electron chi connectivity index (χ4n) is 1.84. The average molecular weight is 165 g/mol. The molecule has 0 aliphatic carbocycles. The molecule has 0 amide bonds. The van der Waals surface area contributed by atoms with Gasteiger partial charge in [-0.25, -0.2) is 4.98 Å². The minimum atomic E-state index is 0.626. The maximum atomic E-state index is 4.23. The van der Waals surface area contributed by atoms with Crippen molar-refractivity contribution < 1.29 is 0 Å². The molecule has 2 rings (SSSR count). The maximum absolute atomic E-state index is 4.23. The molecule has 12 heavy (non-hydrogen) atoms. The van der Waals surface area contributed by atoms with Crippen molar-refractivity contribution in [3.05, 3.63) is 18.2 Å².